The zero-order chi connectivity index (χ0) is 23.4. The lowest BCUT2D eigenvalue weighted by Crippen LogP contribution is -2.11. The standard InChI is InChI=1S/C28H27NO4/c1-28(2,3)22-13-11-21(12-14-22)26-29-23(27(30)33-26)16-20-10-15-24(31-4)25(17-20)32-18-19-8-6-5-7-9-19/h5-17H,18H2,1-4H3. The molecule has 0 unspecified atom stereocenters. The lowest BCUT2D eigenvalue weighted by Gasteiger charge is -2.18. The largest absolute Gasteiger partial charge is 0.493 e. The van der Waals surface area contributed by atoms with Gasteiger partial charge in [-0.15, -0.1) is 0 Å². The highest BCUT2D eigenvalue weighted by atomic mass is 16.6. The number of rotatable bonds is 6. The molecule has 0 saturated heterocycles. The molecule has 0 bridgehead atoms. The molecule has 168 valence electrons. The van der Waals surface area contributed by atoms with Gasteiger partial charge in [-0.25, -0.2) is 9.79 Å². The second-order valence-electron chi connectivity index (χ2n) is 8.85. The van der Waals surface area contributed by atoms with Crippen molar-refractivity contribution in [1.29, 1.82) is 0 Å². The molecule has 0 N–H and O–H groups in total. The van der Waals surface area contributed by atoms with Crippen molar-refractivity contribution < 1.29 is 19.0 Å². The van der Waals surface area contributed by atoms with Crippen LogP contribution >= 0.6 is 0 Å². The molecule has 3 aromatic rings. The first-order chi connectivity index (χ1) is 15.8. The summed E-state index contributed by atoms with van der Waals surface area (Å²) in [7, 11) is 1.60. The maximum atomic E-state index is 12.4. The first-order valence-corrected chi connectivity index (χ1v) is 10.8. The van der Waals surface area contributed by atoms with Gasteiger partial charge in [-0.1, -0.05) is 69.3 Å². The zero-order valence-electron chi connectivity index (χ0n) is 19.3. The highest BCUT2D eigenvalue weighted by molar-refractivity contribution is 6.12. The molecule has 0 amide bonds. The van der Waals surface area contributed by atoms with Gasteiger partial charge < -0.3 is 14.2 Å². The van der Waals surface area contributed by atoms with Crippen LogP contribution in [0.2, 0.25) is 0 Å². The maximum Gasteiger partial charge on any atom is 0.363 e. The number of carbonyl (C=O) groups excluding carboxylic acids is 1. The van der Waals surface area contributed by atoms with Crippen LogP contribution in [0.4, 0.5) is 0 Å². The number of benzene rings is 3. The van der Waals surface area contributed by atoms with Crippen molar-refractivity contribution in [3.05, 3.63) is 101 Å². The Balaban J connectivity index is 1.56. The highest BCUT2D eigenvalue weighted by Crippen LogP contribution is 2.31. The van der Waals surface area contributed by atoms with Gasteiger partial charge in [0.1, 0.15) is 6.61 Å². The Morgan fingerprint density at radius 2 is 1.67 bits per heavy atom. The molecule has 0 aromatic heterocycles. The number of hydrogen-bond donors (Lipinski definition) is 0. The second-order valence-corrected chi connectivity index (χ2v) is 8.85. The zero-order valence-corrected chi connectivity index (χ0v) is 19.3. The minimum Gasteiger partial charge on any atom is -0.493 e. The van der Waals surface area contributed by atoms with Crippen LogP contribution in [0, 0.1) is 0 Å². The van der Waals surface area contributed by atoms with Crippen molar-refractivity contribution in [2.45, 2.75) is 32.8 Å². The summed E-state index contributed by atoms with van der Waals surface area (Å²) < 4.78 is 16.8. The number of nitrogens with zero attached hydrogens (tertiary/aromatic N) is 1. The summed E-state index contributed by atoms with van der Waals surface area (Å²) in [6, 6.07) is 23.3. The van der Waals surface area contributed by atoms with Crippen molar-refractivity contribution in [3.63, 3.8) is 0 Å². The van der Waals surface area contributed by atoms with Gasteiger partial charge in [0.15, 0.2) is 17.2 Å². The topological polar surface area (TPSA) is 57.1 Å². The lowest BCUT2D eigenvalue weighted by atomic mass is 9.87. The van der Waals surface area contributed by atoms with Crippen molar-refractivity contribution >= 4 is 17.9 Å². The number of cyclic esters (lactones) is 1. The third kappa shape index (κ3) is 5.32. The van der Waals surface area contributed by atoms with Crippen LogP contribution in [-0.4, -0.2) is 19.0 Å². The van der Waals surface area contributed by atoms with E-state index in [2.05, 4.69) is 25.8 Å². The molecule has 1 aliphatic rings. The lowest BCUT2D eigenvalue weighted by molar-refractivity contribution is -0.129. The molecule has 1 heterocycles. The van der Waals surface area contributed by atoms with E-state index in [0.717, 1.165) is 16.7 Å². The highest BCUT2D eigenvalue weighted by Gasteiger charge is 2.25. The summed E-state index contributed by atoms with van der Waals surface area (Å²) in [5, 5.41) is 0. The summed E-state index contributed by atoms with van der Waals surface area (Å²) in [5.74, 6) is 1.03. The molecule has 4 rings (SSSR count). The predicted molar refractivity (Wildman–Crippen MR) is 130 cm³/mol. The molecule has 0 aliphatic carbocycles. The second kappa shape index (κ2) is 9.33. The molecule has 33 heavy (non-hydrogen) atoms. The average molecular weight is 442 g/mol. The third-order valence-corrected chi connectivity index (χ3v) is 5.35. The minimum atomic E-state index is -0.479. The quantitative estimate of drug-likeness (QED) is 0.352. The number of methoxy groups -OCH3 is 1. The summed E-state index contributed by atoms with van der Waals surface area (Å²) in [5.41, 5.74) is 4.07. The van der Waals surface area contributed by atoms with E-state index in [4.69, 9.17) is 14.2 Å². The van der Waals surface area contributed by atoms with Crippen LogP contribution in [0.15, 0.2) is 83.5 Å². The van der Waals surface area contributed by atoms with Gasteiger partial charge in [-0.3, -0.25) is 0 Å². The molecule has 0 spiro atoms. The first kappa shape index (κ1) is 22.3. The fourth-order valence-corrected chi connectivity index (χ4v) is 3.43. The van der Waals surface area contributed by atoms with E-state index in [0.29, 0.717) is 24.0 Å². The molecule has 3 aromatic carbocycles. The van der Waals surface area contributed by atoms with E-state index in [1.54, 1.807) is 13.2 Å². The predicted octanol–water partition coefficient (Wildman–Crippen LogP) is 5.92. The van der Waals surface area contributed by atoms with Gasteiger partial charge in [-0.05, 0) is 52.4 Å². The van der Waals surface area contributed by atoms with E-state index in [9.17, 15) is 4.79 Å². The summed E-state index contributed by atoms with van der Waals surface area (Å²) in [6.45, 7) is 6.88. The van der Waals surface area contributed by atoms with E-state index < -0.39 is 5.97 Å². The fraction of sp³-hybridized carbons (Fsp3) is 0.214. The van der Waals surface area contributed by atoms with Crippen LogP contribution in [-0.2, 0) is 21.6 Å². The fourth-order valence-electron chi connectivity index (χ4n) is 3.43. The van der Waals surface area contributed by atoms with Gasteiger partial charge in [0.25, 0.3) is 0 Å². The smallest absolute Gasteiger partial charge is 0.363 e. The molecule has 0 radical (unpaired) electrons. The molecular weight excluding hydrogens is 414 g/mol. The normalized spacial score (nSPS) is 14.7. The Labute approximate surface area is 194 Å². The van der Waals surface area contributed by atoms with Crippen molar-refractivity contribution in [2.75, 3.05) is 7.11 Å². The summed E-state index contributed by atoms with van der Waals surface area (Å²) in [4.78, 5) is 16.9. The van der Waals surface area contributed by atoms with Crippen molar-refractivity contribution in [2.24, 2.45) is 4.99 Å². The summed E-state index contributed by atoms with van der Waals surface area (Å²) >= 11 is 0. The summed E-state index contributed by atoms with van der Waals surface area (Å²) in [6.07, 6.45) is 1.69. The molecule has 0 fully saturated rings. The Kier molecular flexibility index (Phi) is 6.31. The van der Waals surface area contributed by atoms with Crippen LogP contribution < -0.4 is 9.47 Å². The van der Waals surface area contributed by atoms with Gasteiger partial charge >= 0.3 is 5.97 Å². The molecule has 0 atom stereocenters. The third-order valence-electron chi connectivity index (χ3n) is 5.35. The van der Waals surface area contributed by atoms with Crippen LogP contribution in [0.3, 0.4) is 0 Å². The van der Waals surface area contributed by atoms with Crippen molar-refractivity contribution in [1.82, 2.24) is 0 Å². The number of carbonyl (C=O) groups is 1. The van der Waals surface area contributed by atoms with E-state index in [-0.39, 0.29) is 11.1 Å². The monoisotopic (exact) mass is 441 g/mol. The average Bonchev–Trinajstić information content (AvgIpc) is 3.18. The van der Waals surface area contributed by atoms with Crippen LogP contribution in [0.5, 0.6) is 11.5 Å². The Bertz CT molecular complexity index is 1200. The molecule has 1 aliphatic heterocycles. The number of aliphatic imine (C=N–C) groups is 1. The van der Waals surface area contributed by atoms with E-state index >= 15 is 0 Å². The molecule has 5 nitrogen and oxygen atoms in total. The van der Waals surface area contributed by atoms with Gasteiger partial charge in [-0.2, -0.15) is 0 Å². The van der Waals surface area contributed by atoms with Gasteiger partial charge in [0, 0.05) is 5.56 Å². The van der Waals surface area contributed by atoms with Gasteiger partial charge in [0.05, 0.1) is 7.11 Å². The van der Waals surface area contributed by atoms with Crippen LogP contribution in [0.1, 0.15) is 43.0 Å². The van der Waals surface area contributed by atoms with Crippen LogP contribution in [0.25, 0.3) is 6.08 Å². The Morgan fingerprint density at radius 1 is 0.939 bits per heavy atom. The molecule has 5 heteroatoms. The molecule has 0 saturated carbocycles. The van der Waals surface area contributed by atoms with Crippen molar-refractivity contribution in [3.8, 4) is 11.5 Å². The SMILES string of the molecule is COc1ccc(C=C2N=C(c3ccc(C(C)(C)C)cc3)OC2=O)cc1OCc1ccccc1. The van der Waals surface area contributed by atoms with E-state index in [1.807, 2.05) is 72.8 Å². The van der Waals surface area contributed by atoms with Gasteiger partial charge in [0.2, 0.25) is 5.90 Å². The number of hydrogen-bond acceptors (Lipinski definition) is 5. The molecular formula is C28H27NO4. The minimum absolute atomic E-state index is 0.0480. The number of ether oxygens (including phenoxy) is 3. The first-order valence-electron chi connectivity index (χ1n) is 10.8. The number of esters is 1. The Hall–Kier alpha value is -3.86. The Morgan fingerprint density at radius 3 is 2.33 bits per heavy atom. The van der Waals surface area contributed by atoms with E-state index in [1.165, 1.54) is 5.56 Å². The maximum absolute atomic E-state index is 12.4.